The second-order valence-corrected chi connectivity index (χ2v) is 21.4. The largest absolute Gasteiger partial charge is 0.444 e. The van der Waals surface area contributed by atoms with Crippen LogP contribution < -0.4 is 10.6 Å². The summed E-state index contributed by atoms with van der Waals surface area (Å²) in [5.74, 6) is -0.772. The van der Waals surface area contributed by atoms with Crippen molar-refractivity contribution in [1.82, 2.24) is 20.5 Å². The lowest BCUT2D eigenvalue weighted by atomic mass is 9.85. The second-order valence-electron chi connectivity index (χ2n) is 15.8. The van der Waals surface area contributed by atoms with Gasteiger partial charge in [-0.1, -0.05) is 65.8 Å². The van der Waals surface area contributed by atoms with E-state index >= 15 is 0 Å². The van der Waals surface area contributed by atoms with Crippen LogP contribution in [0.15, 0.2) is 29.8 Å². The average Bonchev–Trinajstić information content (AvgIpc) is 3.53. The zero-order valence-corrected chi connectivity index (χ0v) is 31.4. The third-order valence-corrected chi connectivity index (χ3v) is 14.2. The second kappa shape index (κ2) is 14.1. The summed E-state index contributed by atoms with van der Waals surface area (Å²) < 4.78 is 12.2. The molecule has 0 bridgehead atoms. The van der Waals surface area contributed by atoms with E-state index in [1.165, 1.54) is 4.90 Å². The number of carbonyl (C=O) groups is 3. The molecule has 3 rings (SSSR count). The van der Waals surface area contributed by atoms with Gasteiger partial charge in [-0.2, -0.15) is 0 Å². The number of hydrogen-bond acceptors (Lipinski definition) is 8. The molecule has 46 heavy (non-hydrogen) atoms. The molecule has 1 aromatic heterocycles. The fourth-order valence-electron chi connectivity index (χ4n) is 5.16. The Morgan fingerprint density at radius 3 is 2.13 bits per heavy atom. The van der Waals surface area contributed by atoms with Crippen LogP contribution in [-0.4, -0.2) is 78.2 Å². The molecule has 12 heteroatoms. The van der Waals surface area contributed by atoms with Crippen molar-refractivity contribution >= 4 is 37.6 Å². The van der Waals surface area contributed by atoms with Crippen molar-refractivity contribution in [2.45, 2.75) is 124 Å². The summed E-state index contributed by atoms with van der Waals surface area (Å²) in [6.45, 7) is 23.4. The van der Waals surface area contributed by atoms with Gasteiger partial charge in [-0.05, 0) is 62.4 Å². The Morgan fingerprint density at radius 1 is 1.04 bits per heavy atom. The Kier molecular flexibility index (Phi) is 11.6. The van der Waals surface area contributed by atoms with Crippen molar-refractivity contribution < 1.29 is 28.7 Å². The normalized spacial score (nSPS) is 19.0. The van der Waals surface area contributed by atoms with E-state index < -0.39 is 43.6 Å². The number of aliphatic hydroxyl groups is 1. The van der Waals surface area contributed by atoms with Gasteiger partial charge in [0.15, 0.2) is 8.32 Å². The Bertz CT molecular complexity index is 1370. The number of alkyl carbamates (subject to hydrolysis) is 1. The number of nitrogens with one attached hydrogen (secondary N) is 2. The van der Waals surface area contributed by atoms with E-state index in [-0.39, 0.29) is 36.1 Å². The Morgan fingerprint density at radius 2 is 1.65 bits per heavy atom. The van der Waals surface area contributed by atoms with Gasteiger partial charge in [0.2, 0.25) is 11.8 Å². The topological polar surface area (TPSA) is 130 Å². The first kappa shape index (κ1) is 37.7. The molecule has 0 radical (unpaired) electrons. The van der Waals surface area contributed by atoms with Gasteiger partial charge >= 0.3 is 6.09 Å². The third kappa shape index (κ3) is 9.39. The molecule has 1 aliphatic rings. The van der Waals surface area contributed by atoms with Crippen LogP contribution in [0.3, 0.4) is 0 Å². The first-order valence-electron chi connectivity index (χ1n) is 15.9. The summed E-state index contributed by atoms with van der Waals surface area (Å²) in [6.07, 6.45) is -0.764. The quantitative estimate of drug-likeness (QED) is 0.270. The van der Waals surface area contributed by atoms with Crippen molar-refractivity contribution in [2.24, 2.45) is 5.41 Å². The van der Waals surface area contributed by atoms with Crippen LogP contribution >= 0.6 is 11.3 Å². The maximum Gasteiger partial charge on any atom is 0.408 e. The Hall–Kier alpha value is -2.80. The summed E-state index contributed by atoms with van der Waals surface area (Å²) in [5.41, 5.74) is 3.07. The van der Waals surface area contributed by atoms with Gasteiger partial charge in [-0.25, -0.2) is 9.78 Å². The van der Waals surface area contributed by atoms with Crippen LogP contribution in [0, 0.1) is 12.3 Å². The lowest BCUT2D eigenvalue weighted by Gasteiger charge is -2.38. The van der Waals surface area contributed by atoms with Crippen LogP contribution in [0.4, 0.5) is 4.79 Å². The summed E-state index contributed by atoms with van der Waals surface area (Å²) >= 11 is 1.56. The maximum atomic E-state index is 14.3. The third-order valence-electron chi connectivity index (χ3n) is 8.71. The molecule has 10 nitrogen and oxygen atoms in total. The number of nitrogens with zero attached hydrogens (tertiary/aromatic N) is 2. The molecule has 0 aliphatic carbocycles. The molecule has 0 saturated carbocycles. The number of aryl methyl sites for hydroxylation is 1. The fraction of sp³-hybridized carbons (Fsp3) is 0.647. The van der Waals surface area contributed by atoms with E-state index in [1.807, 2.05) is 52.0 Å². The van der Waals surface area contributed by atoms with E-state index in [0.717, 1.165) is 21.7 Å². The minimum atomic E-state index is -2.24. The Balaban J connectivity index is 1.90. The van der Waals surface area contributed by atoms with E-state index in [4.69, 9.17) is 9.16 Å². The van der Waals surface area contributed by atoms with E-state index in [1.54, 1.807) is 37.6 Å². The zero-order chi connectivity index (χ0) is 34.8. The van der Waals surface area contributed by atoms with E-state index in [2.05, 4.69) is 49.5 Å². The standard InChI is InChI=1S/C34H54N4O6SSi/c1-21-27(45-20-35-21)23-15-13-22(14-16-23)25(19-39)36-29(40)26-17-24(44-46(11,12)34(8,9)10)18-38(26)30(41)28(32(2,3)4)37-31(42)43-33(5,6)7/h13-16,20,24-26,28,39H,17-19H2,1-12H3,(H,36,40)(H,37,42)/t24?,25-,26-,28+/m0/s1. The lowest BCUT2D eigenvalue weighted by molar-refractivity contribution is -0.142. The van der Waals surface area contributed by atoms with Gasteiger partial charge in [0.25, 0.3) is 0 Å². The van der Waals surface area contributed by atoms with Crippen molar-refractivity contribution in [3.8, 4) is 10.4 Å². The molecule has 3 amide bonds. The molecule has 256 valence electrons. The molecule has 4 atom stereocenters. The van der Waals surface area contributed by atoms with Gasteiger partial charge in [-0.15, -0.1) is 11.3 Å². The summed E-state index contributed by atoms with van der Waals surface area (Å²) in [4.78, 5) is 48.1. The summed E-state index contributed by atoms with van der Waals surface area (Å²) in [5, 5.41) is 16.0. The van der Waals surface area contributed by atoms with Gasteiger partial charge in [-0.3, -0.25) is 9.59 Å². The van der Waals surface area contributed by atoms with Crippen molar-refractivity contribution in [1.29, 1.82) is 0 Å². The monoisotopic (exact) mass is 674 g/mol. The minimum absolute atomic E-state index is 0.0692. The molecular formula is C34H54N4O6SSi. The number of aromatic nitrogens is 1. The number of likely N-dealkylation sites (tertiary alicyclic amines) is 1. The minimum Gasteiger partial charge on any atom is -0.444 e. The number of aliphatic hydroxyl groups excluding tert-OH is 1. The van der Waals surface area contributed by atoms with Crippen molar-refractivity contribution in [2.75, 3.05) is 13.2 Å². The lowest BCUT2D eigenvalue weighted by Crippen LogP contribution is -2.58. The predicted octanol–water partition coefficient (Wildman–Crippen LogP) is 6.20. The molecule has 0 spiro atoms. The SMILES string of the molecule is Cc1ncsc1-c1ccc([C@H](CO)NC(=O)[C@@H]2CC(O[Si](C)(C)C(C)(C)C)CN2C(=O)[C@@H](NC(=O)OC(C)(C)C)C(C)(C)C)cc1. The van der Waals surface area contributed by atoms with Crippen LogP contribution in [-0.2, 0) is 18.8 Å². The highest BCUT2D eigenvalue weighted by Crippen LogP contribution is 2.39. The summed E-state index contributed by atoms with van der Waals surface area (Å²) in [7, 11) is -2.24. The number of benzene rings is 1. The number of thiazole rings is 1. The number of amides is 3. The first-order chi connectivity index (χ1) is 21.0. The number of hydrogen-bond donors (Lipinski definition) is 3. The predicted molar refractivity (Wildman–Crippen MR) is 185 cm³/mol. The molecule has 1 aromatic carbocycles. The number of ether oxygens (including phenoxy) is 1. The smallest absolute Gasteiger partial charge is 0.408 e. The van der Waals surface area contributed by atoms with Crippen molar-refractivity contribution in [3.63, 3.8) is 0 Å². The molecule has 1 saturated heterocycles. The van der Waals surface area contributed by atoms with Crippen molar-refractivity contribution in [3.05, 3.63) is 41.0 Å². The van der Waals surface area contributed by atoms with E-state index in [9.17, 15) is 19.5 Å². The molecule has 2 heterocycles. The molecule has 1 fully saturated rings. The Labute approximate surface area is 279 Å². The van der Waals surface area contributed by atoms with Gasteiger partial charge < -0.3 is 29.8 Å². The van der Waals surface area contributed by atoms with Gasteiger partial charge in [0, 0.05) is 13.0 Å². The van der Waals surface area contributed by atoms with Gasteiger partial charge in [0.05, 0.1) is 34.8 Å². The highest BCUT2D eigenvalue weighted by molar-refractivity contribution is 7.13. The number of carbonyl (C=O) groups excluding carboxylic acids is 3. The maximum absolute atomic E-state index is 14.3. The molecular weight excluding hydrogens is 621 g/mol. The van der Waals surface area contributed by atoms with Crippen LogP contribution in [0.5, 0.6) is 0 Å². The molecule has 1 aliphatic heterocycles. The molecule has 3 N–H and O–H groups in total. The average molecular weight is 675 g/mol. The van der Waals surface area contributed by atoms with Crippen LogP contribution in [0.2, 0.25) is 18.1 Å². The highest BCUT2D eigenvalue weighted by Gasteiger charge is 2.48. The van der Waals surface area contributed by atoms with Crippen LogP contribution in [0.25, 0.3) is 10.4 Å². The highest BCUT2D eigenvalue weighted by atomic mass is 32.1. The van der Waals surface area contributed by atoms with E-state index in [0.29, 0.717) is 6.42 Å². The van der Waals surface area contributed by atoms with Gasteiger partial charge in [0.1, 0.15) is 17.7 Å². The summed E-state index contributed by atoms with van der Waals surface area (Å²) in [6, 6.07) is 5.18. The fourth-order valence-corrected chi connectivity index (χ4v) is 7.33. The zero-order valence-electron chi connectivity index (χ0n) is 29.6. The first-order valence-corrected chi connectivity index (χ1v) is 19.7. The molecule has 1 unspecified atom stereocenters. The van der Waals surface area contributed by atoms with Crippen LogP contribution in [0.1, 0.15) is 86.0 Å². The molecule has 2 aromatic rings. The number of rotatable bonds is 9.